The maximum Gasteiger partial charge on any atom is 0.234 e. The maximum absolute atomic E-state index is 12.4. The molecule has 8 heteroatoms. The summed E-state index contributed by atoms with van der Waals surface area (Å²) in [5.74, 6) is -0.105. The highest BCUT2D eigenvalue weighted by molar-refractivity contribution is 8.00. The third kappa shape index (κ3) is 4.40. The first-order valence-electron chi connectivity index (χ1n) is 8.62. The SMILES string of the molecule is Cc1ccc(C)c(NC(=O)CSc2nc(N)c(C#N)c(-c3cccs3)c2C#N)c1. The van der Waals surface area contributed by atoms with Crippen molar-refractivity contribution in [2.24, 2.45) is 0 Å². The van der Waals surface area contributed by atoms with Gasteiger partial charge in [-0.05, 0) is 42.5 Å². The molecule has 0 aliphatic carbocycles. The van der Waals surface area contributed by atoms with Crippen molar-refractivity contribution in [1.29, 1.82) is 10.5 Å². The standard InChI is InChI=1S/C21H17N5OS2/c1-12-5-6-13(2)16(8-12)25-18(27)11-29-21-15(10-23)19(17-4-3-7-28-17)14(9-22)20(24)26-21/h3-8H,11H2,1-2H3,(H2,24,26)(H,25,27). The van der Waals surface area contributed by atoms with Gasteiger partial charge >= 0.3 is 0 Å². The predicted molar refractivity (Wildman–Crippen MR) is 117 cm³/mol. The van der Waals surface area contributed by atoms with Gasteiger partial charge in [-0.2, -0.15) is 10.5 Å². The highest BCUT2D eigenvalue weighted by Gasteiger charge is 2.21. The van der Waals surface area contributed by atoms with Crippen molar-refractivity contribution in [2.45, 2.75) is 18.9 Å². The normalized spacial score (nSPS) is 10.2. The van der Waals surface area contributed by atoms with Gasteiger partial charge in [0.15, 0.2) is 0 Å². The van der Waals surface area contributed by atoms with Crippen LogP contribution in [0.5, 0.6) is 0 Å². The molecule has 0 radical (unpaired) electrons. The number of benzene rings is 1. The Hall–Kier alpha value is -3.33. The zero-order valence-electron chi connectivity index (χ0n) is 15.8. The van der Waals surface area contributed by atoms with Crippen LogP contribution < -0.4 is 11.1 Å². The number of hydrogen-bond donors (Lipinski definition) is 2. The van der Waals surface area contributed by atoms with Crippen molar-refractivity contribution in [3.8, 4) is 22.6 Å². The number of nitrogens with zero attached hydrogens (tertiary/aromatic N) is 3. The summed E-state index contributed by atoms with van der Waals surface area (Å²) in [6.45, 7) is 3.88. The molecule has 3 aromatic rings. The molecule has 3 rings (SSSR count). The summed E-state index contributed by atoms with van der Waals surface area (Å²) in [6.07, 6.45) is 0. The second kappa shape index (κ2) is 8.78. The van der Waals surface area contributed by atoms with E-state index in [0.29, 0.717) is 10.6 Å². The van der Waals surface area contributed by atoms with Crippen molar-refractivity contribution in [3.05, 3.63) is 58.0 Å². The van der Waals surface area contributed by atoms with Gasteiger partial charge in [0, 0.05) is 16.1 Å². The van der Waals surface area contributed by atoms with Crippen LogP contribution in [0.1, 0.15) is 22.3 Å². The molecule has 1 amide bonds. The van der Waals surface area contributed by atoms with Crippen LogP contribution in [0.25, 0.3) is 10.4 Å². The number of nitriles is 2. The minimum atomic E-state index is -0.213. The van der Waals surface area contributed by atoms with Crippen molar-refractivity contribution >= 4 is 40.5 Å². The molecule has 0 atom stereocenters. The van der Waals surface area contributed by atoms with E-state index < -0.39 is 0 Å². The van der Waals surface area contributed by atoms with Gasteiger partial charge in [0.25, 0.3) is 0 Å². The number of thioether (sulfide) groups is 1. The molecule has 3 N–H and O–H groups in total. The van der Waals surface area contributed by atoms with Gasteiger partial charge in [-0.15, -0.1) is 11.3 Å². The molecule has 0 unspecified atom stereocenters. The molecule has 144 valence electrons. The number of carbonyl (C=O) groups is 1. The summed E-state index contributed by atoms with van der Waals surface area (Å²) >= 11 is 2.53. The second-order valence-electron chi connectivity index (χ2n) is 6.28. The Bertz CT molecular complexity index is 1160. The fraction of sp³-hybridized carbons (Fsp3) is 0.143. The molecule has 0 spiro atoms. The Morgan fingerprint density at radius 2 is 2.00 bits per heavy atom. The molecule has 0 saturated carbocycles. The minimum absolute atomic E-state index is 0.0485. The van der Waals surface area contributed by atoms with Gasteiger partial charge in [0.2, 0.25) is 5.91 Å². The molecule has 0 fully saturated rings. The van der Waals surface area contributed by atoms with Gasteiger partial charge in [-0.3, -0.25) is 4.79 Å². The largest absolute Gasteiger partial charge is 0.383 e. The van der Waals surface area contributed by atoms with Crippen molar-refractivity contribution in [3.63, 3.8) is 0 Å². The highest BCUT2D eigenvalue weighted by Crippen LogP contribution is 2.37. The van der Waals surface area contributed by atoms with E-state index >= 15 is 0 Å². The molecule has 0 saturated heterocycles. The smallest absolute Gasteiger partial charge is 0.234 e. The predicted octanol–water partition coefficient (Wildman–Crippen LogP) is 4.48. The van der Waals surface area contributed by atoms with Gasteiger partial charge in [-0.1, -0.05) is 30.0 Å². The number of anilines is 2. The van der Waals surface area contributed by atoms with E-state index in [1.807, 2.05) is 55.6 Å². The van der Waals surface area contributed by atoms with Crippen LogP contribution in [0.15, 0.2) is 40.7 Å². The molecular weight excluding hydrogens is 402 g/mol. The van der Waals surface area contributed by atoms with E-state index in [-0.39, 0.29) is 28.6 Å². The van der Waals surface area contributed by atoms with Crippen LogP contribution in [0.2, 0.25) is 0 Å². The topological polar surface area (TPSA) is 116 Å². The van der Waals surface area contributed by atoms with Crippen molar-refractivity contribution in [2.75, 3.05) is 16.8 Å². The van der Waals surface area contributed by atoms with E-state index in [4.69, 9.17) is 5.73 Å². The minimum Gasteiger partial charge on any atom is -0.383 e. The summed E-state index contributed by atoms with van der Waals surface area (Å²) in [7, 11) is 0. The number of rotatable bonds is 5. The van der Waals surface area contributed by atoms with Gasteiger partial charge in [0.1, 0.15) is 28.5 Å². The molecule has 0 aliphatic heterocycles. The van der Waals surface area contributed by atoms with E-state index in [0.717, 1.165) is 33.5 Å². The fourth-order valence-corrected chi connectivity index (χ4v) is 4.34. The van der Waals surface area contributed by atoms with Crippen LogP contribution in [-0.4, -0.2) is 16.6 Å². The average Bonchev–Trinajstić information content (AvgIpc) is 3.23. The van der Waals surface area contributed by atoms with Gasteiger partial charge in [-0.25, -0.2) is 4.98 Å². The summed E-state index contributed by atoms with van der Waals surface area (Å²) in [5, 5.41) is 24.3. The molecule has 0 aliphatic rings. The number of amides is 1. The number of hydrogen-bond acceptors (Lipinski definition) is 7. The van der Waals surface area contributed by atoms with E-state index in [2.05, 4.69) is 16.4 Å². The Balaban J connectivity index is 1.88. The summed E-state index contributed by atoms with van der Waals surface area (Å²) < 4.78 is 0. The number of pyridine rings is 1. The van der Waals surface area contributed by atoms with Gasteiger partial charge in [0.05, 0.1) is 11.3 Å². The second-order valence-corrected chi connectivity index (χ2v) is 8.20. The molecule has 2 heterocycles. The summed E-state index contributed by atoms with van der Waals surface area (Å²) in [4.78, 5) is 17.4. The van der Waals surface area contributed by atoms with E-state index in [1.165, 1.54) is 11.3 Å². The Labute approximate surface area is 177 Å². The maximum atomic E-state index is 12.4. The number of nitrogens with one attached hydrogen (secondary N) is 1. The summed E-state index contributed by atoms with van der Waals surface area (Å²) in [5.41, 5.74) is 9.64. The number of thiophene rings is 1. The third-order valence-electron chi connectivity index (χ3n) is 4.19. The van der Waals surface area contributed by atoms with Gasteiger partial charge < -0.3 is 11.1 Å². The van der Waals surface area contributed by atoms with Crippen LogP contribution in [0.3, 0.4) is 0 Å². The fourth-order valence-electron chi connectivity index (χ4n) is 2.76. The van der Waals surface area contributed by atoms with Crippen LogP contribution in [0.4, 0.5) is 11.5 Å². The van der Waals surface area contributed by atoms with Crippen LogP contribution in [-0.2, 0) is 4.79 Å². The highest BCUT2D eigenvalue weighted by atomic mass is 32.2. The van der Waals surface area contributed by atoms with E-state index in [9.17, 15) is 15.3 Å². The molecule has 0 bridgehead atoms. The number of aryl methyl sites for hydroxylation is 2. The van der Waals surface area contributed by atoms with Crippen molar-refractivity contribution in [1.82, 2.24) is 4.98 Å². The Morgan fingerprint density at radius 1 is 1.24 bits per heavy atom. The number of nitrogen functional groups attached to an aromatic ring is 1. The monoisotopic (exact) mass is 419 g/mol. The first-order chi connectivity index (χ1) is 13.9. The first-order valence-corrected chi connectivity index (χ1v) is 10.5. The molecular formula is C21H17N5OS2. The lowest BCUT2D eigenvalue weighted by molar-refractivity contribution is -0.113. The number of carbonyl (C=O) groups excluding carboxylic acids is 1. The first kappa shape index (κ1) is 20.4. The number of nitrogens with two attached hydrogens (primary N) is 1. The lowest BCUT2D eigenvalue weighted by atomic mass is 10.0. The quantitative estimate of drug-likeness (QED) is 0.589. The zero-order valence-corrected chi connectivity index (χ0v) is 17.4. The number of aromatic nitrogens is 1. The molecule has 1 aromatic carbocycles. The Kier molecular flexibility index (Phi) is 6.18. The lowest BCUT2D eigenvalue weighted by Crippen LogP contribution is -2.15. The van der Waals surface area contributed by atoms with E-state index in [1.54, 1.807) is 0 Å². The Morgan fingerprint density at radius 3 is 2.66 bits per heavy atom. The van der Waals surface area contributed by atoms with Crippen LogP contribution in [0, 0.1) is 36.5 Å². The van der Waals surface area contributed by atoms with Crippen LogP contribution >= 0.6 is 23.1 Å². The summed E-state index contributed by atoms with van der Waals surface area (Å²) in [6, 6.07) is 13.7. The molecule has 2 aromatic heterocycles. The molecule has 6 nitrogen and oxygen atoms in total. The van der Waals surface area contributed by atoms with Crippen molar-refractivity contribution < 1.29 is 4.79 Å². The zero-order chi connectivity index (χ0) is 21.0. The lowest BCUT2D eigenvalue weighted by Gasteiger charge is -2.12. The average molecular weight is 420 g/mol. The molecule has 29 heavy (non-hydrogen) atoms. The third-order valence-corrected chi connectivity index (χ3v) is 6.05.